The first-order valence-corrected chi connectivity index (χ1v) is 6.62. The molecule has 1 aromatic heterocycles. The first kappa shape index (κ1) is 16.8. The van der Waals surface area contributed by atoms with Crippen LogP contribution in [0.2, 0.25) is 0 Å². The maximum atomic E-state index is 12.5. The third kappa shape index (κ3) is 5.77. The lowest BCUT2D eigenvalue weighted by Crippen LogP contribution is -2.36. The molecule has 3 nitrogen and oxygen atoms in total. The van der Waals surface area contributed by atoms with Gasteiger partial charge < -0.3 is 9.88 Å². The molecule has 20 heavy (non-hydrogen) atoms. The maximum absolute atomic E-state index is 12.5. The third-order valence-corrected chi connectivity index (χ3v) is 2.79. The number of hydrogen-bond donors (Lipinski definition) is 1. The van der Waals surface area contributed by atoms with Crippen LogP contribution in [-0.4, -0.2) is 16.7 Å². The van der Waals surface area contributed by atoms with Crippen molar-refractivity contribution < 1.29 is 13.2 Å². The molecular formula is C14H21F3N2O. The molecule has 0 unspecified atom stereocenters. The Kier molecular flexibility index (Phi) is 5.39. The first-order chi connectivity index (χ1) is 9.09. The van der Waals surface area contributed by atoms with Gasteiger partial charge in [-0.2, -0.15) is 13.2 Å². The van der Waals surface area contributed by atoms with E-state index in [1.165, 1.54) is 0 Å². The minimum atomic E-state index is -4.41. The molecule has 0 fully saturated rings. The van der Waals surface area contributed by atoms with Gasteiger partial charge in [0.2, 0.25) is 0 Å². The van der Waals surface area contributed by atoms with Gasteiger partial charge in [-0.05, 0) is 46.2 Å². The van der Waals surface area contributed by atoms with Crippen molar-refractivity contribution in [1.29, 1.82) is 0 Å². The standard InChI is InChI=1S/C14H21F3N2O/c1-13(2,3)18-8-4-5-9-19-10-11(14(15,16)17)6-7-12(19)20/h6-7,10,18H,4-5,8-9H2,1-3H3. The summed E-state index contributed by atoms with van der Waals surface area (Å²) < 4.78 is 38.8. The van der Waals surface area contributed by atoms with Gasteiger partial charge in [0.1, 0.15) is 0 Å². The molecule has 0 saturated heterocycles. The fourth-order valence-electron chi connectivity index (χ4n) is 1.74. The second-order valence-electron chi connectivity index (χ2n) is 5.83. The van der Waals surface area contributed by atoms with Crippen LogP contribution in [0.4, 0.5) is 13.2 Å². The zero-order valence-electron chi connectivity index (χ0n) is 12.0. The van der Waals surface area contributed by atoms with E-state index in [0.29, 0.717) is 13.0 Å². The number of rotatable bonds is 5. The number of alkyl halides is 3. The van der Waals surface area contributed by atoms with Crippen LogP contribution in [0.5, 0.6) is 0 Å². The molecule has 0 atom stereocenters. The Labute approximate surface area is 116 Å². The summed E-state index contributed by atoms with van der Waals surface area (Å²) in [6.07, 6.45) is -2.06. The number of hydrogen-bond acceptors (Lipinski definition) is 2. The lowest BCUT2D eigenvalue weighted by molar-refractivity contribution is -0.138. The molecule has 0 aliphatic carbocycles. The SMILES string of the molecule is CC(C)(C)NCCCCn1cc(C(F)(F)F)ccc1=O. The van der Waals surface area contributed by atoms with E-state index in [2.05, 4.69) is 5.32 Å². The summed E-state index contributed by atoms with van der Waals surface area (Å²) in [7, 11) is 0. The van der Waals surface area contributed by atoms with Crippen molar-refractivity contribution in [3.8, 4) is 0 Å². The largest absolute Gasteiger partial charge is 0.417 e. The van der Waals surface area contributed by atoms with E-state index >= 15 is 0 Å². The maximum Gasteiger partial charge on any atom is 0.417 e. The van der Waals surface area contributed by atoms with Crippen molar-refractivity contribution in [2.24, 2.45) is 0 Å². The summed E-state index contributed by atoms with van der Waals surface area (Å²) in [6, 6.07) is 1.79. The predicted molar refractivity (Wildman–Crippen MR) is 72.7 cm³/mol. The highest BCUT2D eigenvalue weighted by Gasteiger charge is 2.30. The van der Waals surface area contributed by atoms with Gasteiger partial charge in [0.05, 0.1) is 5.56 Å². The van der Waals surface area contributed by atoms with Gasteiger partial charge in [-0.25, -0.2) is 0 Å². The number of halogens is 3. The molecule has 0 aliphatic heterocycles. The van der Waals surface area contributed by atoms with E-state index < -0.39 is 17.3 Å². The molecule has 1 N–H and O–H groups in total. The highest BCUT2D eigenvalue weighted by atomic mass is 19.4. The van der Waals surface area contributed by atoms with E-state index in [1.807, 2.05) is 20.8 Å². The Morgan fingerprint density at radius 2 is 1.80 bits per heavy atom. The number of nitrogens with zero attached hydrogens (tertiary/aromatic N) is 1. The van der Waals surface area contributed by atoms with Gasteiger partial charge in [0.25, 0.3) is 5.56 Å². The van der Waals surface area contributed by atoms with Crippen molar-refractivity contribution in [2.75, 3.05) is 6.54 Å². The minimum Gasteiger partial charge on any atom is -0.315 e. The Bertz CT molecular complexity index is 486. The molecule has 0 spiro atoms. The fraction of sp³-hybridized carbons (Fsp3) is 0.643. The van der Waals surface area contributed by atoms with Crippen LogP contribution in [0.1, 0.15) is 39.2 Å². The molecule has 0 radical (unpaired) electrons. The second-order valence-corrected chi connectivity index (χ2v) is 5.83. The highest BCUT2D eigenvalue weighted by molar-refractivity contribution is 5.13. The van der Waals surface area contributed by atoms with Gasteiger partial charge in [0, 0.05) is 24.3 Å². The lowest BCUT2D eigenvalue weighted by atomic mass is 10.1. The zero-order valence-corrected chi connectivity index (χ0v) is 12.0. The van der Waals surface area contributed by atoms with Gasteiger partial charge in [-0.1, -0.05) is 0 Å². The lowest BCUT2D eigenvalue weighted by Gasteiger charge is -2.20. The molecule has 1 aromatic rings. The van der Waals surface area contributed by atoms with Crippen LogP contribution in [0.25, 0.3) is 0 Å². The van der Waals surface area contributed by atoms with E-state index in [-0.39, 0.29) is 5.54 Å². The molecule has 0 aromatic carbocycles. The summed E-state index contributed by atoms with van der Waals surface area (Å²) >= 11 is 0. The Hall–Kier alpha value is -1.30. The quantitative estimate of drug-likeness (QED) is 0.846. The Morgan fingerprint density at radius 3 is 2.35 bits per heavy atom. The van der Waals surface area contributed by atoms with E-state index in [1.54, 1.807) is 0 Å². The van der Waals surface area contributed by atoms with Crippen molar-refractivity contribution in [1.82, 2.24) is 9.88 Å². The summed E-state index contributed by atoms with van der Waals surface area (Å²) in [6.45, 7) is 7.21. The second kappa shape index (κ2) is 6.43. The normalized spacial score (nSPS) is 12.7. The highest BCUT2D eigenvalue weighted by Crippen LogP contribution is 2.28. The summed E-state index contributed by atoms with van der Waals surface area (Å²) in [5.74, 6) is 0. The molecule has 0 saturated carbocycles. The number of unbranched alkanes of at least 4 members (excludes halogenated alkanes) is 1. The summed E-state index contributed by atoms with van der Waals surface area (Å²) in [5.41, 5.74) is -1.17. The van der Waals surface area contributed by atoms with Crippen LogP contribution < -0.4 is 10.9 Å². The van der Waals surface area contributed by atoms with Gasteiger partial charge in [-0.3, -0.25) is 4.79 Å². The monoisotopic (exact) mass is 290 g/mol. The average molecular weight is 290 g/mol. The van der Waals surface area contributed by atoms with Crippen molar-refractivity contribution in [2.45, 2.75) is 51.9 Å². The van der Waals surface area contributed by atoms with Crippen molar-refractivity contribution in [3.63, 3.8) is 0 Å². The third-order valence-electron chi connectivity index (χ3n) is 2.79. The first-order valence-electron chi connectivity index (χ1n) is 6.62. The molecule has 0 amide bonds. The van der Waals surface area contributed by atoms with Crippen molar-refractivity contribution in [3.05, 3.63) is 34.2 Å². The van der Waals surface area contributed by atoms with Crippen molar-refractivity contribution >= 4 is 0 Å². The molecular weight excluding hydrogens is 269 g/mol. The van der Waals surface area contributed by atoms with Crippen LogP contribution in [-0.2, 0) is 12.7 Å². The number of pyridine rings is 1. The number of nitrogens with one attached hydrogen (secondary N) is 1. The van der Waals surface area contributed by atoms with E-state index in [4.69, 9.17) is 0 Å². The van der Waals surface area contributed by atoms with E-state index in [9.17, 15) is 18.0 Å². The predicted octanol–water partition coefficient (Wildman–Crippen LogP) is 3.04. The average Bonchev–Trinajstić information content (AvgIpc) is 2.28. The Morgan fingerprint density at radius 1 is 1.15 bits per heavy atom. The van der Waals surface area contributed by atoms with Crippen LogP contribution >= 0.6 is 0 Å². The molecule has 0 aliphatic rings. The van der Waals surface area contributed by atoms with Crippen LogP contribution in [0, 0.1) is 0 Å². The smallest absolute Gasteiger partial charge is 0.315 e. The van der Waals surface area contributed by atoms with Crippen LogP contribution in [0.15, 0.2) is 23.1 Å². The number of aryl methyl sites for hydroxylation is 1. The summed E-state index contributed by atoms with van der Waals surface area (Å²) in [5, 5.41) is 3.29. The van der Waals surface area contributed by atoms with Gasteiger partial charge in [-0.15, -0.1) is 0 Å². The fourth-order valence-corrected chi connectivity index (χ4v) is 1.74. The van der Waals surface area contributed by atoms with E-state index in [0.717, 1.165) is 35.9 Å². The van der Waals surface area contributed by atoms with Crippen LogP contribution in [0.3, 0.4) is 0 Å². The minimum absolute atomic E-state index is 0.0209. The molecule has 6 heteroatoms. The van der Waals surface area contributed by atoms with Gasteiger partial charge >= 0.3 is 6.18 Å². The Balaban J connectivity index is 2.54. The molecule has 1 rings (SSSR count). The summed E-state index contributed by atoms with van der Waals surface area (Å²) in [4.78, 5) is 11.5. The van der Waals surface area contributed by atoms with Gasteiger partial charge in [0.15, 0.2) is 0 Å². The zero-order chi connectivity index (χ0) is 15.4. The molecule has 114 valence electrons. The molecule has 0 bridgehead atoms. The number of aromatic nitrogens is 1. The molecule has 1 heterocycles. The topological polar surface area (TPSA) is 34.0 Å².